The fraction of sp³-hybridized carbons (Fsp3) is 0. The highest BCUT2D eigenvalue weighted by molar-refractivity contribution is 5.74. The molecule has 5 heteroatoms. The molecule has 2 heterocycles. The monoisotopic (exact) mass is 212 g/mol. The maximum Gasteiger partial charge on any atom is 0.278 e. The van der Waals surface area contributed by atoms with Crippen LogP contribution in [-0.2, 0) is 0 Å². The molecule has 3 aromatic rings. The van der Waals surface area contributed by atoms with Gasteiger partial charge in [-0.2, -0.15) is 0 Å². The van der Waals surface area contributed by atoms with Crippen molar-refractivity contribution in [3.63, 3.8) is 0 Å². The van der Waals surface area contributed by atoms with Crippen molar-refractivity contribution in [1.82, 2.24) is 20.0 Å². The van der Waals surface area contributed by atoms with E-state index in [1.165, 1.54) is 0 Å². The van der Waals surface area contributed by atoms with Crippen LogP contribution in [0.1, 0.15) is 0 Å². The summed E-state index contributed by atoms with van der Waals surface area (Å²) in [6.07, 6.45) is 1.59. The molecule has 0 aliphatic heterocycles. The van der Waals surface area contributed by atoms with Gasteiger partial charge in [-0.25, -0.2) is 4.68 Å². The molecule has 0 radical (unpaired) electrons. The lowest BCUT2D eigenvalue weighted by Gasteiger charge is -1.99. The van der Waals surface area contributed by atoms with Crippen LogP contribution in [0, 0.1) is 0 Å². The first kappa shape index (κ1) is 8.84. The summed E-state index contributed by atoms with van der Waals surface area (Å²) in [6, 6.07) is 11.4. The summed E-state index contributed by atoms with van der Waals surface area (Å²) in [5.41, 5.74) is 1.72. The molecule has 1 N–H and O–H groups in total. The summed E-state index contributed by atoms with van der Waals surface area (Å²) in [7, 11) is 0. The topological polar surface area (TPSA) is 63.6 Å². The van der Waals surface area contributed by atoms with E-state index in [4.69, 9.17) is 0 Å². The van der Waals surface area contributed by atoms with Gasteiger partial charge < -0.3 is 4.98 Å². The molecule has 2 aromatic heterocycles. The molecule has 5 nitrogen and oxygen atoms in total. The molecule has 0 saturated heterocycles. The van der Waals surface area contributed by atoms with Gasteiger partial charge in [0.2, 0.25) is 0 Å². The van der Waals surface area contributed by atoms with E-state index in [-0.39, 0.29) is 5.56 Å². The largest absolute Gasteiger partial charge is 0.327 e. The van der Waals surface area contributed by atoms with E-state index in [1.807, 2.05) is 30.3 Å². The summed E-state index contributed by atoms with van der Waals surface area (Å²) < 4.78 is 1.64. The molecule has 0 atom stereocenters. The Labute approximate surface area is 90.3 Å². The van der Waals surface area contributed by atoms with Crippen LogP contribution in [0.15, 0.2) is 47.4 Å². The van der Waals surface area contributed by atoms with Crippen LogP contribution in [-0.4, -0.2) is 20.0 Å². The van der Waals surface area contributed by atoms with Gasteiger partial charge in [0.15, 0.2) is 5.52 Å². The molecule has 78 valence electrons. The van der Waals surface area contributed by atoms with E-state index < -0.39 is 0 Å². The molecule has 0 aliphatic rings. The molecular weight excluding hydrogens is 204 g/mol. The lowest BCUT2D eigenvalue weighted by atomic mass is 10.3. The van der Waals surface area contributed by atoms with Crippen LogP contribution in [0.2, 0.25) is 0 Å². The van der Waals surface area contributed by atoms with Crippen LogP contribution in [0.5, 0.6) is 0 Å². The number of aromatic nitrogens is 4. The van der Waals surface area contributed by atoms with Crippen molar-refractivity contribution in [3.8, 4) is 5.69 Å². The van der Waals surface area contributed by atoms with Crippen molar-refractivity contribution in [2.75, 3.05) is 0 Å². The molecule has 0 unspecified atom stereocenters. The summed E-state index contributed by atoms with van der Waals surface area (Å²) in [6.45, 7) is 0. The fourth-order valence-corrected chi connectivity index (χ4v) is 1.63. The highest BCUT2D eigenvalue weighted by atomic mass is 16.1. The fourth-order valence-electron chi connectivity index (χ4n) is 1.63. The van der Waals surface area contributed by atoms with Gasteiger partial charge >= 0.3 is 0 Å². The molecule has 0 bridgehead atoms. The highest BCUT2D eigenvalue weighted by Crippen LogP contribution is 2.11. The Hall–Kier alpha value is -2.43. The number of aromatic amines is 1. The van der Waals surface area contributed by atoms with E-state index in [1.54, 1.807) is 16.9 Å². The molecule has 0 spiro atoms. The minimum absolute atomic E-state index is 0.223. The molecule has 0 saturated carbocycles. The van der Waals surface area contributed by atoms with Crippen LogP contribution < -0.4 is 5.56 Å². The summed E-state index contributed by atoms with van der Waals surface area (Å²) >= 11 is 0. The number of pyridine rings is 1. The second-order valence-electron chi connectivity index (χ2n) is 3.38. The van der Waals surface area contributed by atoms with Crippen molar-refractivity contribution in [1.29, 1.82) is 0 Å². The maximum atomic E-state index is 11.5. The minimum Gasteiger partial charge on any atom is -0.327 e. The van der Waals surface area contributed by atoms with Crippen LogP contribution >= 0.6 is 0 Å². The number of H-pyrrole nitrogens is 1. The molecule has 1 aromatic carbocycles. The minimum atomic E-state index is -0.223. The lowest BCUT2D eigenvalue weighted by molar-refractivity contribution is 0.824. The molecule has 0 fully saturated rings. The first-order valence-electron chi connectivity index (χ1n) is 4.85. The van der Waals surface area contributed by atoms with Gasteiger partial charge in [-0.05, 0) is 18.2 Å². The standard InChI is InChI=1S/C11H8N4O/c16-11-10-9(6-7-12-11)15(14-13-10)8-4-2-1-3-5-8/h1-7H,(H,12,16). The second-order valence-corrected chi connectivity index (χ2v) is 3.38. The van der Waals surface area contributed by atoms with E-state index in [0.717, 1.165) is 5.69 Å². The van der Waals surface area contributed by atoms with Crippen molar-refractivity contribution in [2.45, 2.75) is 0 Å². The third-order valence-electron chi connectivity index (χ3n) is 2.38. The Balaban J connectivity index is 2.34. The maximum absolute atomic E-state index is 11.5. The zero-order valence-corrected chi connectivity index (χ0v) is 8.29. The number of fused-ring (bicyclic) bond motifs is 1. The molecule has 0 amide bonds. The van der Waals surface area contributed by atoms with Crippen molar-refractivity contribution in [2.24, 2.45) is 0 Å². The highest BCUT2D eigenvalue weighted by Gasteiger charge is 2.07. The Morgan fingerprint density at radius 2 is 1.94 bits per heavy atom. The zero-order valence-electron chi connectivity index (χ0n) is 8.29. The van der Waals surface area contributed by atoms with Gasteiger partial charge in [0.25, 0.3) is 5.56 Å². The van der Waals surface area contributed by atoms with E-state index in [2.05, 4.69) is 15.3 Å². The predicted octanol–water partition coefficient (Wildman–Crippen LogP) is 1.11. The Morgan fingerprint density at radius 3 is 2.75 bits per heavy atom. The number of benzene rings is 1. The Kier molecular flexibility index (Phi) is 1.83. The number of hydrogen-bond donors (Lipinski definition) is 1. The average molecular weight is 212 g/mol. The smallest absolute Gasteiger partial charge is 0.278 e. The quantitative estimate of drug-likeness (QED) is 0.657. The van der Waals surface area contributed by atoms with Crippen molar-refractivity contribution < 1.29 is 0 Å². The van der Waals surface area contributed by atoms with Crippen LogP contribution in [0.25, 0.3) is 16.7 Å². The van der Waals surface area contributed by atoms with Gasteiger partial charge in [0.05, 0.1) is 5.69 Å². The number of para-hydroxylation sites is 1. The van der Waals surface area contributed by atoms with Crippen LogP contribution in [0.3, 0.4) is 0 Å². The molecule has 16 heavy (non-hydrogen) atoms. The number of rotatable bonds is 1. The van der Waals surface area contributed by atoms with Gasteiger partial charge in [-0.15, -0.1) is 5.10 Å². The van der Waals surface area contributed by atoms with Gasteiger partial charge in [-0.1, -0.05) is 23.4 Å². The normalized spacial score (nSPS) is 10.8. The summed E-state index contributed by atoms with van der Waals surface area (Å²) in [5.74, 6) is 0. The summed E-state index contributed by atoms with van der Waals surface area (Å²) in [5, 5.41) is 7.84. The zero-order chi connectivity index (χ0) is 11.0. The number of nitrogens with zero attached hydrogens (tertiary/aromatic N) is 3. The lowest BCUT2D eigenvalue weighted by Crippen LogP contribution is -2.04. The third kappa shape index (κ3) is 1.22. The first-order valence-corrected chi connectivity index (χ1v) is 4.85. The van der Waals surface area contributed by atoms with Gasteiger partial charge in [0.1, 0.15) is 5.52 Å². The van der Waals surface area contributed by atoms with Gasteiger partial charge in [-0.3, -0.25) is 4.79 Å². The second kappa shape index (κ2) is 3.30. The van der Waals surface area contributed by atoms with E-state index in [0.29, 0.717) is 11.0 Å². The van der Waals surface area contributed by atoms with Gasteiger partial charge in [0, 0.05) is 6.20 Å². The Morgan fingerprint density at radius 1 is 1.12 bits per heavy atom. The number of nitrogens with one attached hydrogen (secondary N) is 1. The summed E-state index contributed by atoms with van der Waals surface area (Å²) in [4.78, 5) is 14.0. The SMILES string of the molecule is O=c1[nH]ccc2c1nnn2-c1ccccc1. The third-order valence-corrected chi connectivity index (χ3v) is 2.38. The van der Waals surface area contributed by atoms with Crippen LogP contribution in [0.4, 0.5) is 0 Å². The van der Waals surface area contributed by atoms with Crippen molar-refractivity contribution >= 4 is 11.0 Å². The van der Waals surface area contributed by atoms with E-state index in [9.17, 15) is 4.79 Å². The van der Waals surface area contributed by atoms with Crippen molar-refractivity contribution in [3.05, 3.63) is 52.9 Å². The van der Waals surface area contributed by atoms with E-state index >= 15 is 0 Å². The Bertz CT molecular complexity index is 684. The molecule has 3 rings (SSSR count). The number of hydrogen-bond acceptors (Lipinski definition) is 3. The average Bonchev–Trinajstić information content (AvgIpc) is 2.75. The molecular formula is C11H8N4O. The predicted molar refractivity (Wildman–Crippen MR) is 59.5 cm³/mol. The first-order chi connectivity index (χ1) is 7.86. The molecule has 0 aliphatic carbocycles.